The highest BCUT2D eigenvalue weighted by molar-refractivity contribution is 7.89. The number of benzene rings is 1. The van der Waals surface area contributed by atoms with E-state index in [0.29, 0.717) is 17.9 Å². The average Bonchev–Trinajstić information content (AvgIpc) is 2.33. The van der Waals surface area contributed by atoms with Gasteiger partial charge >= 0.3 is 0 Å². The van der Waals surface area contributed by atoms with Crippen LogP contribution in [0.15, 0.2) is 11.0 Å². The van der Waals surface area contributed by atoms with Gasteiger partial charge in [-0.3, -0.25) is 0 Å². The molecule has 0 aliphatic heterocycles. The van der Waals surface area contributed by atoms with Crippen molar-refractivity contribution in [1.82, 2.24) is 4.72 Å². The molecular weight excluding hydrogens is 260 g/mol. The van der Waals surface area contributed by atoms with Crippen LogP contribution in [0.2, 0.25) is 0 Å². The first-order chi connectivity index (χ1) is 8.74. The van der Waals surface area contributed by atoms with E-state index in [2.05, 4.69) is 4.72 Å². The number of aryl methyl sites for hydroxylation is 2. The van der Waals surface area contributed by atoms with Gasteiger partial charge in [-0.1, -0.05) is 13.0 Å². The summed E-state index contributed by atoms with van der Waals surface area (Å²) in [5.74, 6) is 0. The van der Waals surface area contributed by atoms with E-state index >= 15 is 0 Å². The van der Waals surface area contributed by atoms with Crippen molar-refractivity contribution in [1.29, 1.82) is 0 Å². The molecule has 0 saturated carbocycles. The van der Waals surface area contributed by atoms with Gasteiger partial charge in [-0.2, -0.15) is 0 Å². The van der Waals surface area contributed by atoms with Gasteiger partial charge in [0.15, 0.2) is 0 Å². The van der Waals surface area contributed by atoms with Gasteiger partial charge in [-0.25, -0.2) is 13.1 Å². The highest BCUT2D eigenvalue weighted by Crippen LogP contribution is 2.26. The second-order valence-corrected chi connectivity index (χ2v) is 6.70. The van der Waals surface area contributed by atoms with Crippen LogP contribution in [0.1, 0.15) is 35.6 Å². The molecule has 0 aromatic heterocycles. The van der Waals surface area contributed by atoms with E-state index in [9.17, 15) is 8.42 Å². The second-order valence-electron chi connectivity index (χ2n) is 5.05. The first-order valence-electron chi connectivity index (χ1n) is 6.54. The summed E-state index contributed by atoms with van der Waals surface area (Å²) in [6, 6.07) is 1.80. The Balaban J connectivity index is 3.37. The topological polar surface area (TPSA) is 72.2 Å². The Morgan fingerprint density at radius 3 is 2.00 bits per heavy atom. The maximum atomic E-state index is 12.5. The molecule has 1 aromatic carbocycles. The van der Waals surface area contributed by atoms with Crippen LogP contribution < -0.4 is 10.5 Å². The molecule has 5 heteroatoms. The zero-order valence-electron chi connectivity index (χ0n) is 12.4. The van der Waals surface area contributed by atoms with Crippen molar-refractivity contribution in [3.63, 3.8) is 0 Å². The van der Waals surface area contributed by atoms with Gasteiger partial charge in [0.1, 0.15) is 0 Å². The largest absolute Gasteiger partial charge is 0.329 e. The van der Waals surface area contributed by atoms with Crippen molar-refractivity contribution in [3.05, 3.63) is 28.3 Å². The van der Waals surface area contributed by atoms with Crippen LogP contribution in [0.4, 0.5) is 0 Å². The third-order valence-electron chi connectivity index (χ3n) is 3.67. The number of nitrogens with two attached hydrogens (primary N) is 1. The third kappa shape index (κ3) is 3.35. The molecule has 3 N–H and O–H groups in total. The first-order valence-corrected chi connectivity index (χ1v) is 8.02. The Labute approximate surface area is 116 Å². The fourth-order valence-corrected chi connectivity index (χ4v) is 4.11. The van der Waals surface area contributed by atoms with E-state index in [4.69, 9.17) is 5.73 Å². The maximum absolute atomic E-state index is 12.5. The molecule has 0 aliphatic carbocycles. The van der Waals surface area contributed by atoms with Gasteiger partial charge in [0, 0.05) is 12.6 Å². The number of rotatable bonds is 5. The van der Waals surface area contributed by atoms with Crippen LogP contribution in [0.5, 0.6) is 0 Å². The van der Waals surface area contributed by atoms with Crippen molar-refractivity contribution in [2.24, 2.45) is 5.73 Å². The van der Waals surface area contributed by atoms with Crippen LogP contribution >= 0.6 is 0 Å². The van der Waals surface area contributed by atoms with Crippen LogP contribution in [-0.4, -0.2) is 21.0 Å². The van der Waals surface area contributed by atoms with E-state index in [1.807, 2.05) is 40.7 Å². The summed E-state index contributed by atoms with van der Waals surface area (Å²) in [6.45, 7) is 9.78. The lowest BCUT2D eigenvalue weighted by Crippen LogP contribution is -2.40. The summed E-state index contributed by atoms with van der Waals surface area (Å²) < 4.78 is 27.8. The Kier molecular flexibility index (Phi) is 5.12. The summed E-state index contributed by atoms with van der Waals surface area (Å²) in [7, 11) is -3.52. The Morgan fingerprint density at radius 1 is 1.16 bits per heavy atom. The third-order valence-corrected chi connectivity index (χ3v) is 5.46. The average molecular weight is 284 g/mol. The number of sulfonamides is 1. The quantitative estimate of drug-likeness (QED) is 0.868. The molecule has 19 heavy (non-hydrogen) atoms. The van der Waals surface area contributed by atoms with Crippen LogP contribution in [0.3, 0.4) is 0 Å². The van der Waals surface area contributed by atoms with Crippen molar-refractivity contribution >= 4 is 10.0 Å². The molecule has 0 heterocycles. The van der Waals surface area contributed by atoms with E-state index in [1.165, 1.54) is 0 Å². The summed E-state index contributed by atoms with van der Waals surface area (Å²) in [6.07, 6.45) is 0.679. The van der Waals surface area contributed by atoms with E-state index in [0.717, 1.165) is 22.3 Å². The van der Waals surface area contributed by atoms with Crippen LogP contribution in [-0.2, 0) is 10.0 Å². The van der Waals surface area contributed by atoms with Crippen LogP contribution in [0, 0.1) is 27.7 Å². The van der Waals surface area contributed by atoms with Crippen molar-refractivity contribution in [3.8, 4) is 0 Å². The summed E-state index contributed by atoms with van der Waals surface area (Å²) in [4.78, 5) is 0.400. The SMILES string of the molecule is CCC(CN)NS(=O)(=O)c1c(C)c(C)cc(C)c1C. The van der Waals surface area contributed by atoms with E-state index in [1.54, 1.807) is 0 Å². The van der Waals surface area contributed by atoms with Gasteiger partial charge in [0.25, 0.3) is 0 Å². The Morgan fingerprint density at radius 2 is 1.63 bits per heavy atom. The number of nitrogens with one attached hydrogen (secondary N) is 1. The molecular formula is C14H24N2O2S. The molecule has 0 saturated heterocycles. The highest BCUT2D eigenvalue weighted by Gasteiger charge is 2.24. The Bertz CT molecular complexity index is 535. The van der Waals surface area contributed by atoms with Crippen molar-refractivity contribution < 1.29 is 8.42 Å². The van der Waals surface area contributed by atoms with Gasteiger partial charge in [-0.05, 0) is 56.4 Å². The zero-order valence-corrected chi connectivity index (χ0v) is 13.2. The monoisotopic (exact) mass is 284 g/mol. The van der Waals surface area contributed by atoms with E-state index < -0.39 is 10.0 Å². The van der Waals surface area contributed by atoms with Crippen molar-refractivity contribution in [2.75, 3.05) is 6.54 Å². The maximum Gasteiger partial charge on any atom is 0.241 e. The van der Waals surface area contributed by atoms with Gasteiger partial charge in [0.05, 0.1) is 4.90 Å². The minimum absolute atomic E-state index is 0.218. The van der Waals surface area contributed by atoms with Gasteiger partial charge in [-0.15, -0.1) is 0 Å². The lowest BCUT2D eigenvalue weighted by Gasteiger charge is -2.19. The molecule has 4 nitrogen and oxygen atoms in total. The lowest BCUT2D eigenvalue weighted by atomic mass is 10.0. The molecule has 0 bridgehead atoms. The fraction of sp³-hybridized carbons (Fsp3) is 0.571. The summed E-state index contributed by atoms with van der Waals surface area (Å²) in [5, 5.41) is 0. The standard InChI is InChI=1S/C14H24N2O2S/c1-6-13(8-15)16-19(17,18)14-11(4)9(2)7-10(3)12(14)5/h7,13,16H,6,8,15H2,1-5H3. The van der Waals surface area contributed by atoms with Gasteiger partial charge < -0.3 is 5.73 Å². The minimum Gasteiger partial charge on any atom is -0.329 e. The smallest absolute Gasteiger partial charge is 0.241 e. The molecule has 1 aromatic rings. The molecule has 0 aliphatic rings. The molecule has 1 rings (SSSR count). The molecule has 0 spiro atoms. The second kappa shape index (κ2) is 6.03. The zero-order chi connectivity index (χ0) is 14.8. The summed E-state index contributed by atoms with van der Waals surface area (Å²) >= 11 is 0. The van der Waals surface area contributed by atoms with Crippen molar-refractivity contribution in [2.45, 2.75) is 52.0 Å². The molecule has 1 unspecified atom stereocenters. The number of hydrogen-bond donors (Lipinski definition) is 2. The molecule has 0 amide bonds. The Hall–Kier alpha value is -0.910. The van der Waals surface area contributed by atoms with E-state index in [-0.39, 0.29) is 6.04 Å². The predicted molar refractivity (Wildman–Crippen MR) is 78.8 cm³/mol. The number of hydrogen-bond acceptors (Lipinski definition) is 3. The molecule has 0 fully saturated rings. The summed E-state index contributed by atoms with van der Waals surface area (Å²) in [5.41, 5.74) is 9.17. The predicted octanol–water partition coefficient (Wildman–Crippen LogP) is 1.94. The molecule has 108 valence electrons. The highest BCUT2D eigenvalue weighted by atomic mass is 32.2. The normalized spacial score (nSPS) is 13.6. The minimum atomic E-state index is -3.52. The fourth-order valence-electron chi connectivity index (χ4n) is 2.16. The van der Waals surface area contributed by atoms with Crippen LogP contribution in [0.25, 0.3) is 0 Å². The molecule has 0 radical (unpaired) electrons. The van der Waals surface area contributed by atoms with Gasteiger partial charge in [0.2, 0.25) is 10.0 Å². The first kappa shape index (κ1) is 16.1. The molecule has 1 atom stereocenters. The lowest BCUT2D eigenvalue weighted by molar-refractivity contribution is 0.541.